The van der Waals surface area contributed by atoms with Crippen LogP contribution in [0, 0.1) is 0 Å². The minimum atomic E-state index is -0.447. The second kappa shape index (κ2) is 9.86. The normalized spacial score (nSPS) is 23.8. The van der Waals surface area contributed by atoms with Gasteiger partial charge in [-0.3, -0.25) is 9.80 Å². The average molecular weight is 369 g/mol. The van der Waals surface area contributed by atoms with Gasteiger partial charge in [-0.15, -0.1) is 0 Å². The molecule has 2 aliphatic heterocycles. The minimum absolute atomic E-state index is 0.360. The molecule has 0 spiro atoms. The van der Waals surface area contributed by atoms with Gasteiger partial charge in [0.25, 0.3) is 0 Å². The van der Waals surface area contributed by atoms with Crippen molar-refractivity contribution in [3.05, 3.63) is 34.9 Å². The molecule has 2 heterocycles. The van der Waals surface area contributed by atoms with Crippen LogP contribution in [0.1, 0.15) is 18.4 Å². The summed E-state index contributed by atoms with van der Waals surface area (Å²) in [6.07, 6.45) is 2.38. The maximum atomic E-state index is 10.2. The highest BCUT2D eigenvalue weighted by molar-refractivity contribution is 6.30. The monoisotopic (exact) mass is 368 g/mol. The van der Waals surface area contributed by atoms with Crippen LogP contribution in [0.3, 0.4) is 0 Å². The number of piperazine rings is 1. The zero-order valence-electron chi connectivity index (χ0n) is 14.8. The highest BCUT2D eigenvalue weighted by Gasteiger charge is 2.23. The zero-order chi connectivity index (χ0) is 17.5. The Morgan fingerprint density at radius 2 is 1.88 bits per heavy atom. The molecule has 0 amide bonds. The van der Waals surface area contributed by atoms with Crippen molar-refractivity contribution < 1.29 is 14.6 Å². The first-order valence-electron chi connectivity index (χ1n) is 9.25. The lowest BCUT2D eigenvalue weighted by Crippen LogP contribution is -2.50. The van der Waals surface area contributed by atoms with Crippen LogP contribution in [-0.4, -0.2) is 79.6 Å². The fraction of sp³-hybridized carbons (Fsp3) is 0.684. The number of aliphatic hydroxyl groups is 1. The van der Waals surface area contributed by atoms with Crippen LogP contribution in [-0.2, 0) is 16.1 Å². The Labute approximate surface area is 155 Å². The van der Waals surface area contributed by atoms with Gasteiger partial charge >= 0.3 is 0 Å². The fourth-order valence-electron chi connectivity index (χ4n) is 3.47. The smallest absolute Gasteiger partial charge is 0.0900 e. The first kappa shape index (κ1) is 19.1. The summed E-state index contributed by atoms with van der Waals surface area (Å²) in [4.78, 5) is 4.80. The Morgan fingerprint density at radius 1 is 1.16 bits per heavy atom. The second-order valence-electron chi connectivity index (χ2n) is 7.03. The van der Waals surface area contributed by atoms with Gasteiger partial charge in [0.1, 0.15) is 0 Å². The topological polar surface area (TPSA) is 45.2 Å². The van der Waals surface area contributed by atoms with Crippen molar-refractivity contribution in [2.75, 3.05) is 52.5 Å². The number of β-amino-alcohol motifs (C(OH)–C–C–N with tert-alkyl or cyclic N) is 1. The standard InChI is InChI=1S/C19H29ClN2O3/c20-17-5-3-16(4-6-17)14-24-15-18(23)12-21-7-9-22(10-8-21)13-19-2-1-11-25-19/h3-6,18-19,23H,1-2,7-15H2/t18-,19+/m1/s1. The van der Waals surface area contributed by atoms with Gasteiger partial charge in [-0.25, -0.2) is 0 Å². The van der Waals surface area contributed by atoms with Gasteiger partial charge in [0.05, 0.1) is 25.4 Å². The van der Waals surface area contributed by atoms with Gasteiger partial charge in [-0.2, -0.15) is 0 Å². The molecule has 2 aliphatic rings. The van der Waals surface area contributed by atoms with E-state index in [0.717, 1.165) is 49.9 Å². The van der Waals surface area contributed by atoms with Crippen LogP contribution in [0.4, 0.5) is 0 Å². The largest absolute Gasteiger partial charge is 0.389 e. The number of hydrogen-bond donors (Lipinski definition) is 1. The Hall–Kier alpha value is -0.690. The third kappa shape index (κ3) is 6.51. The fourth-order valence-corrected chi connectivity index (χ4v) is 3.60. The van der Waals surface area contributed by atoms with E-state index in [9.17, 15) is 5.11 Å². The van der Waals surface area contributed by atoms with Crippen molar-refractivity contribution in [1.82, 2.24) is 9.80 Å². The second-order valence-corrected chi connectivity index (χ2v) is 7.47. The number of benzene rings is 1. The molecule has 140 valence electrons. The Morgan fingerprint density at radius 3 is 2.56 bits per heavy atom. The first-order valence-corrected chi connectivity index (χ1v) is 9.63. The Balaban J connectivity index is 1.28. The molecule has 1 N–H and O–H groups in total. The molecule has 0 radical (unpaired) electrons. The van der Waals surface area contributed by atoms with Gasteiger partial charge in [-0.05, 0) is 30.5 Å². The van der Waals surface area contributed by atoms with E-state index in [0.29, 0.717) is 25.9 Å². The van der Waals surface area contributed by atoms with Crippen LogP contribution in [0.25, 0.3) is 0 Å². The average Bonchev–Trinajstić information content (AvgIpc) is 3.11. The summed E-state index contributed by atoms with van der Waals surface area (Å²) in [7, 11) is 0. The third-order valence-electron chi connectivity index (χ3n) is 4.91. The molecule has 0 bridgehead atoms. The highest BCUT2D eigenvalue weighted by Crippen LogP contribution is 2.15. The number of aliphatic hydroxyl groups excluding tert-OH is 1. The summed E-state index contributed by atoms with van der Waals surface area (Å²) in [5.41, 5.74) is 1.07. The molecule has 0 saturated carbocycles. The quantitative estimate of drug-likeness (QED) is 0.760. The number of rotatable bonds is 8. The summed E-state index contributed by atoms with van der Waals surface area (Å²) in [6, 6.07) is 7.60. The van der Waals surface area contributed by atoms with E-state index in [1.54, 1.807) is 0 Å². The number of halogens is 1. The van der Waals surface area contributed by atoms with E-state index in [1.807, 2.05) is 24.3 Å². The number of nitrogens with zero attached hydrogens (tertiary/aromatic N) is 2. The van der Waals surface area contributed by atoms with Crippen molar-refractivity contribution >= 4 is 11.6 Å². The Kier molecular flexibility index (Phi) is 7.52. The molecule has 5 nitrogen and oxygen atoms in total. The van der Waals surface area contributed by atoms with Crippen molar-refractivity contribution in [3.8, 4) is 0 Å². The summed E-state index contributed by atoms with van der Waals surface area (Å²) in [5, 5.41) is 10.9. The molecule has 0 aromatic heterocycles. The molecule has 6 heteroatoms. The summed E-state index contributed by atoms with van der Waals surface area (Å²) >= 11 is 5.87. The molecule has 2 fully saturated rings. The van der Waals surface area contributed by atoms with E-state index in [1.165, 1.54) is 12.8 Å². The molecule has 0 unspecified atom stereocenters. The van der Waals surface area contributed by atoms with Gasteiger partial charge in [-0.1, -0.05) is 23.7 Å². The summed E-state index contributed by atoms with van der Waals surface area (Å²) in [6.45, 7) is 7.63. The van der Waals surface area contributed by atoms with E-state index < -0.39 is 6.10 Å². The van der Waals surface area contributed by atoms with Gasteiger partial charge < -0.3 is 14.6 Å². The van der Waals surface area contributed by atoms with E-state index in [4.69, 9.17) is 21.1 Å². The van der Waals surface area contributed by atoms with Crippen LogP contribution < -0.4 is 0 Å². The SMILES string of the molecule is O[C@@H](COCc1ccc(Cl)cc1)CN1CCN(C[C@@H]2CCCO2)CC1. The maximum absolute atomic E-state index is 10.2. The molecule has 25 heavy (non-hydrogen) atoms. The van der Waals surface area contributed by atoms with Gasteiger partial charge in [0.15, 0.2) is 0 Å². The van der Waals surface area contributed by atoms with Crippen molar-refractivity contribution in [2.24, 2.45) is 0 Å². The van der Waals surface area contributed by atoms with E-state index >= 15 is 0 Å². The summed E-state index contributed by atoms with van der Waals surface area (Å²) in [5.74, 6) is 0. The highest BCUT2D eigenvalue weighted by atomic mass is 35.5. The molecule has 3 rings (SSSR count). The van der Waals surface area contributed by atoms with Crippen LogP contribution in [0.5, 0.6) is 0 Å². The van der Waals surface area contributed by atoms with Crippen molar-refractivity contribution in [3.63, 3.8) is 0 Å². The predicted octanol–water partition coefficient (Wildman–Crippen LogP) is 2.01. The minimum Gasteiger partial charge on any atom is -0.389 e. The third-order valence-corrected chi connectivity index (χ3v) is 5.16. The predicted molar refractivity (Wildman–Crippen MR) is 99.0 cm³/mol. The lowest BCUT2D eigenvalue weighted by molar-refractivity contribution is -0.00344. The lowest BCUT2D eigenvalue weighted by Gasteiger charge is -2.36. The van der Waals surface area contributed by atoms with Crippen molar-refractivity contribution in [2.45, 2.75) is 31.7 Å². The van der Waals surface area contributed by atoms with Crippen LogP contribution >= 0.6 is 11.6 Å². The number of ether oxygens (including phenoxy) is 2. The molecule has 1 aromatic carbocycles. The van der Waals surface area contributed by atoms with Crippen LogP contribution in [0.2, 0.25) is 5.02 Å². The summed E-state index contributed by atoms with van der Waals surface area (Å²) < 4.78 is 11.3. The molecular weight excluding hydrogens is 340 g/mol. The molecule has 2 saturated heterocycles. The van der Waals surface area contributed by atoms with Gasteiger partial charge in [0, 0.05) is 50.9 Å². The Bertz CT molecular complexity index is 500. The van der Waals surface area contributed by atoms with E-state index in [-0.39, 0.29) is 0 Å². The number of hydrogen-bond acceptors (Lipinski definition) is 5. The molecule has 2 atom stereocenters. The molecular formula is C19H29ClN2O3. The van der Waals surface area contributed by atoms with Crippen LogP contribution in [0.15, 0.2) is 24.3 Å². The first-order chi connectivity index (χ1) is 12.2. The van der Waals surface area contributed by atoms with E-state index in [2.05, 4.69) is 9.80 Å². The molecule has 1 aromatic rings. The zero-order valence-corrected chi connectivity index (χ0v) is 15.5. The van der Waals surface area contributed by atoms with Crippen molar-refractivity contribution in [1.29, 1.82) is 0 Å². The maximum Gasteiger partial charge on any atom is 0.0900 e. The van der Waals surface area contributed by atoms with Gasteiger partial charge in [0.2, 0.25) is 0 Å². The molecule has 0 aliphatic carbocycles. The lowest BCUT2D eigenvalue weighted by atomic mass is 10.2.